The molecule has 2 aromatic carbocycles. The number of alkyl halides is 3. The van der Waals surface area contributed by atoms with E-state index < -0.39 is 18.1 Å². The van der Waals surface area contributed by atoms with E-state index in [2.05, 4.69) is 15.3 Å². The highest BCUT2D eigenvalue weighted by Crippen LogP contribution is 2.43. The Morgan fingerprint density at radius 2 is 1.88 bits per heavy atom. The van der Waals surface area contributed by atoms with Crippen LogP contribution in [0.5, 0.6) is 5.88 Å². The fourth-order valence-electron chi connectivity index (χ4n) is 5.63. The number of nitrogens with zero attached hydrogens (tertiary/aromatic N) is 3. The summed E-state index contributed by atoms with van der Waals surface area (Å²) in [6.07, 6.45) is -5.12. The second-order valence-corrected chi connectivity index (χ2v) is 11.0. The molecule has 0 saturated carbocycles. The van der Waals surface area contributed by atoms with E-state index in [1.165, 1.54) is 36.4 Å². The topological polar surface area (TPSA) is 103 Å². The van der Waals surface area contributed by atoms with Crippen molar-refractivity contribution >= 4 is 29.3 Å². The molecule has 2 aliphatic rings. The molecule has 0 aliphatic carbocycles. The smallest absolute Gasteiger partial charge is 0.429 e. The molecule has 0 radical (unpaired) electrons. The van der Waals surface area contributed by atoms with E-state index in [1.807, 2.05) is 4.90 Å². The Hall–Kier alpha value is -3.64. The zero-order chi connectivity index (χ0) is 30.1. The molecule has 2 atom stereocenters. The van der Waals surface area contributed by atoms with Gasteiger partial charge >= 0.3 is 12.1 Å². The molecule has 3 heterocycles. The largest absolute Gasteiger partial charge is 0.465 e. The summed E-state index contributed by atoms with van der Waals surface area (Å²) >= 11 is 6.12. The molecule has 0 amide bonds. The average molecular weight is 608 g/mol. The van der Waals surface area contributed by atoms with Crippen LogP contribution in [0.4, 0.5) is 29.3 Å². The Kier molecular flexibility index (Phi) is 8.47. The number of piperidine rings is 1. The van der Waals surface area contributed by atoms with Gasteiger partial charge in [0.15, 0.2) is 0 Å². The van der Waals surface area contributed by atoms with Crippen molar-refractivity contribution < 1.29 is 31.8 Å². The fraction of sp³-hybridized carbons (Fsp3) is 0.414. The Morgan fingerprint density at radius 1 is 1.17 bits per heavy atom. The van der Waals surface area contributed by atoms with E-state index in [9.17, 15) is 22.4 Å². The van der Waals surface area contributed by atoms with Crippen molar-refractivity contribution in [2.75, 3.05) is 36.9 Å². The van der Waals surface area contributed by atoms with Gasteiger partial charge in [-0.1, -0.05) is 29.8 Å². The molecule has 8 nitrogen and oxygen atoms in total. The van der Waals surface area contributed by atoms with Crippen LogP contribution >= 0.6 is 11.6 Å². The van der Waals surface area contributed by atoms with Crippen LogP contribution in [0.1, 0.15) is 37.9 Å². The lowest BCUT2D eigenvalue weighted by atomic mass is 9.76. The first-order chi connectivity index (χ1) is 20.0. The highest BCUT2D eigenvalue weighted by molar-refractivity contribution is 6.30. The molecule has 1 spiro atoms. The van der Waals surface area contributed by atoms with Gasteiger partial charge in [-0.3, -0.25) is 4.79 Å². The summed E-state index contributed by atoms with van der Waals surface area (Å²) in [7, 11) is 0. The zero-order valence-corrected chi connectivity index (χ0v) is 23.5. The Balaban J connectivity index is 1.37. The first kappa shape index (κ1) is 29.8. The molecule has 2 saturated heterocycles. The number of carbonyl (C=O) groups excluding carboxylic acids is 1. The number of rotatable bonds is 7. The fourth-order valence-corrected chi connectivity index (χ4v) is 5.81. The summed E-state index contributed by atoms with van der Waals surface area (Å²) in [5.74, 6) is -1.02. The third-order valence-corrected chi connectivity index (χ3v) is 8.01. The van der Waals surface area contributed by atoms with Gasteiger partial charge in [-0.2, -0.15) is 23.1 Å². The molecule has 224 valence electrons. The number of esters is 1. The third kappa shape index (κ3) is 6.54. The van der Waals surface area contributed by atoms with Crippen LogP contribution in [-0.4, -0.2) is 54.4 Å². The van der Waals surface area contributed by atoms with Crippen LogP contribution < -0.4 is 20.7 Å². The maximum absolute atomic E-state index is 14.5. The molecule has 3 N–H and O–H groups in total. The first-order valence-corrected chi connectivity index (χ1v) is 13.9. The van der Waals surface area contributed by atoms with Crippen LogP contribution in [0.2, 0.25) is 5.02 Å². The van der Waals surface area contributed by atoms with Crippen molar-refractivity contribution in [2.24, 2.45) is 5.41 Å². The molecular formula is C29H30ClF4N5O3. The molecule has 2 aliphatic heterocycles. The Labute approximate surface area is 245 Å². The number of nitrogens with one attached hydrogen (secondary N) is 1. The van der Waals surface area contributed by atoms with Gasteiger partial charge in [0.1, 0.15) is 17.7 Å². The normalized spacial score (nSPS) is 19.1. The second-order valence-electron chi connectivity index (χ2n) is 10.6. The molecule has 3 aromatic rings. The maximum atomic E-state index is 14.5. The van der Waals surface area contributed by atoms with Gasteiger partial charge in [-0.05, 0) is 67.0 Å². The summed E-state index contributed by atoms with van der Waals surface area (Å²) < 4.78 is 67.6. The third-order valence-electron chi connectivity index (χ3n) is 7.78. The number of anilines is 2. The van der Waals surface area contributed by atoms with Crippen molar-refractivity contribution in [3.8, 4) is 17.0 Å². The van der Waals surface area contributed by atoms with Crippen molar-refractivity contribution in [2.45, 2.75) is 44.5 Å². The van der Waals surface area contributed by atoms with Gasteiger partial charge in [0.05, 0.1) is 6.61 Å². The molecule has 0 bridgehead atoms. The van der Waals surface area contributed by atoms with E-state index in [1.54, 1.807) is 6.92 Å². The van der Waals surface area contributed by atoms with Crippen molar-refractivity contribution in [1.82, 2.24) is 15.3 Å². The van der Waals surface area contributed by atoms with Gasteiger partial charge in [0.25, 0.3) is 0 Å². The minimum atomic E-state index is -4.84. The number of carbonyl (C=O) groups is 1. The summed E-state index contributed by atoms with van der Waals surface area (Å²) in [5, 5.41) is 3.47. The minimum Gasteiger partial charge on any atom is -0.465 e. The van der Waals surface area contributed by atoms with Crippen molar-refractivity contribution in [1.29, 1.82) is 0 Å². The quantitative estimate of drug-likeness (QED) is 0.260. The van der Waals surface area contributed by atoms with Crippen LogP contribution in [-0.2, 0) is 9.53 Å². The molecule has 0 unspecified atom stereocenters. The molecule has 2 fully saturated rings. The number of ether oxygens (including phenoxy) is 2. The van der Waals surface area contributed by atoms with Crippen molar-refractivity contribution in [3.63, 3.8) is 0 Å². The SMILES string of the molecule is CCOC(=O)[C@@H]1CC2(CCN(c3cc(O[C@H](c4ccc(Cl)cc4-c4ccc(F)cc4)C(F)(F)F)nc(N)n3)CC2)CN1. The van der Waals surface area contributed by atoms with Crippen LogP contribution in [0.25, 0.3) is 11.1 Å². The van der Waals surface area contributed by atoms with E-state index in [4.69, 9.17) is 26.8 Å². The lowest BCUT2D eigenvalue weighted by molar-refractivity contribution is -0.198. The summed E-state index contributed by atoms with van der Waals surface area (Å²) in [4.78, 5) is 22.3. The number of hydrogen-bond acceptors (Lipinski definition) is 8. The Morgan fingerprint density at radius 3 is 2.55 bits per heavy atom. The molecule has 1 aromatic heterocycles. The second kappa shape index (κ2) is 11.9. The predicted octanol–water partition coefficient (Wildman–Crippen LogP) is 5.71. The van der Waals surface area contributed by atoms with Gasteiger partial charge in [0, 0.05) is 36.3 Å². The Bertz CT molecular complexity index is 1430. The monoisotopic (exact) mass is 607 g/mol. The highest BCUT2D eigenvalue weighted by Gasteiger charge is 2.46. The number of aromatic nitrogens is 2. The number of hydrogen-bond donors (Lipinski definition) is 2. The van der Waals surface area contributed by atoms with Crippen LogP contribution in [0.3, 0.4) is 0 Å². The maximum Gasteiger partial charge on any atom is 0.429 e. The number of nitrogen functional groups attached to an aromatic ring is 1. The molecule has 42 heavy (non-hydrogen) atoms. The van der Waals surface area contributed by atoms with Gasteiger partial charge in [0.2, 0.25) is 17.9 Å². The number of benzene rings is 2. The zero-order valence-electron chi connectivity index (χ0n) is 22.8. The number of nitrogens with two attached hydrogens (primary N) is 1. The van der Waals surface area contributed by atoms with Crippen LogP contribution in [0, 0.1) is 11.2 Å². The lowest BCUT2D eigenvalue weighted by Gasteiger charge is -2.39. The predicted molar refractivity (Wildman–Crippen MR) is 150 cm³/mol. The summed E-state index contributed by atoms with van der Waals surface area (Å²) in [6.45, 7) is 3.88. The summed E-state index contributed by atoms with van der Waals surface area (Å²) in [5.41, 5.74) is 6.09. The van der Waals surface area contributed by atoms with Gasteiger partial charge in [-0.15, -0.1) is 0 Å². The van der Waals surface area contributed by atoms with Gasteiger partial charge in [-0.25, -0.2) is 4.39 Å². The summed E-state index contributed by atoms with van der Waals surface area (Å²) in [6, 6.07) is 9.98. The van der Waals surface area contributed by atoms with E-state index in [0.29, 0.717) is 44.0 Å². The van der Waals surface area contributed by atoms with E-state index in [0.717, 1.165) is 25.0 Å². The standard InChI is InChI=1S/C29H30ClF4N5O3/c1-2-41-26(40)22-15-28(16-36-22)9-11-39(12-10-28)23-14-24(38-27(35)37-23)42-25(29(32,33)34)20-8-5-18(30)13-21(20)17-3-6-19(31)7-4-17/h3-8,13-14,22,25,36H,2,9-12,15-16H2,1H3,(H2,35,37,38)/t22-,25+/m0/s1. The van der Waals surface area contributed by atoms with Crippen LogP contribution in [0.15, 0.2) is 48.5 Å². The first-order valence-electron chi connectivity index (χ1n) is 13.5. The average Bonchev–Trinajstić information content (AvgIpc) is 3.35. The molecule has 13 heteroatoms. The number of halogens is 5. The molecular weight excluding hydrogens is 578 g/mol. The highest BCUT2D eigenvalue weighted by atomic mass is 35.5. The van der Waals surface area contributed by atoms with E-state index in [-0.39, 0.29) is 45.4 Å². The molecule has 5 rings (SSSR count). The van der Waals surface area contributed by atoms with E-state index >= 15 is 0 Å². The van der Waals surface area contributed by atoms with Gasteiger partial charge < -0.3 is 25.4 Å². The minimum absolute atomic E-state index is 0.0848. The van der Waals surface area contributed by atoms with Crippen molar-refractivity contribution in [3.05, 3.63) is 64.9 Å². The lowest BCUT2D eigenvalue weighted by Crippen LogP contribution is -2.41.